The first-order chi connectivity index (χ1) is 10.0. The molecule has 0 radical (unpaired) electrons. The summed E-state index contributed by atoms with van der Waals surface area (Å²) in [6.45, 7) is 4.07. The highest BCUT2D eigenvalue weighted by Crippen LogP contribution is 2.54. The molecule has 0 atom stereocenters. The highest BCUT2D eigenvalue weighted by molar-refractivity contribution is 5.38. The summed E-state index contributed by atoms with van der Waals surface area (Å²) in [4.78, 5) is 0. The van der Waals surface area contributed by atoms with Crippen LogP contribution in [0, 0.1) is 5.41 Å². The van der Waals surface area contributed by atoms with Crippen molar-refractivity contribution in [3.8, 4) is 5.75 Å². The van der Waals surface area contributed by atoms with Crippen molar-refractivity contribution in [1.82, 2.24) is 0 Å². The standard InChI is InChI=1S/C19H28O2/c1-15(2)21-17-8-4-3-7-16(17)19(20)13-11-18(12-14-19)9-5-6-10-18/h3-4,7-8,15,20H,5-6,9-14H2,1-2H3. The maximum Gasteiger partial charge on any atom is 0.125 e. The van der Waals surface area contributed by atoms with Gasteiger partial charge in [-0.25, -0.2) is 0 Å². The molecule has 2 aliphatic rings. The normalized spacial score (nSPS) is 23.6. The SMILES string of the molecule is CC(C)Oc1ccccc1C1(O)CCC2(CCCC2)CC1. The van der Waals surface area contributed by atoms with Crippen LogP contribution in [-0.2, 0) is 5.60 Å². The minimum atomic E-state index is -0.695. The molecule has 0 heterocycles. The van der Waals surface area contributed by atoms with Gasteiger partial charge in [-0.1, -0.05) is 31.0 Å². The van der Waals surface area contributed by atoms with E-state index in [0.29, 0.717) is 5.41 Å². The Kier molecular flexibility index (Phi) is 4.00. The van der Waals surface area contributed by atoms with Crippen molar-refractivity contribution in [3.63, 3.8) is 0 Å². The van der Waals surface area contributed by atoms with Crippen molar-refractivity contribution >= 4 is 0 Å². The lowest BCUT2D eigenvalue weighted by Gasteiger charge is -2.43. The smallest absolute Gasteiger partial charge is 0.125 e. The second-order valence-electron chi connectivity index (χ2n) is 7.40. The molecule has 0 amide bonds. The Morgan fingerprint density at radius 1 is 0.952 bits per heavy atom. The number of hydrogen-bond donors (Lipinski definition) is 1. The van der Waals surface area contributed by atoms with E-state index in [-0.39, 0.29) is 6.10 Å². The molecule has 1 aromatic rings. The third-order valence-corrected chi connectivity index (χ3v) is 5.55. The molecule has 0 aliphatic heterocycles. The van der Waals surface area contributed by atoms with Gasteiger partial charge in [0.25, 0.3) is 0 Å². The second kappa shape index (κ2) is 5.64. The number of hydrogen-bond acceptors (Lipinski definition) is 2. The fourth-order valence-corrected chi connectivity index (χ4v) is 4.30. The first-order valence-electron chi connectivity index (χ1n) is 8.52. The molecule has 2 heteroatoms. The quantitative estimate of drug-likeness (QED) is 0.866. The molecular weight excluding hydrogens is 260 g/mol. The third kappa shape index (κ3) is 2.96. The van der Waals surface area contributed by atoms with Gasteiger partial charge in [0.2, 0.25) is 0 Å². The van der Waals surface area contributed by atoms with Gasteiger partial charge in [-0.15, -0.1) is 0 Å². The molecule has 1 aromatic carbocycles. The highest BCUT2D eigenvalue weighted by Gasteiger charge is 2.44. The van der Waals surface area contributed by atoms with Crippen LogP contribution in [0.3, 0.4) is 0 Å². The van der Waals surface area contributed by atoms with E-state index in [0.717, 1.165) is 24.2 Å². The zero-order valence-corrected chi connectivity index (χ0v) is 13.4. The van der Waals surface area contributed by atoms with Gasteiger partial charge in [-0.3, -0.25) is 0 Å². The Hall–Kier alpha value is -1.02. The number of para-hydroxylation sites is 1. The number of rotatable bonds is 3. The van der Waals surface area contributed by atoms with Gasteiger partial charge >= 0.3 is 0 Å². The van der Waals surface area contributed by atoms with Gasteiger partial charge in [0, 0.05) is 5.56 Å². The molecule has 0 unspecified atom stereocenters. The first kappa shape index (κ1) is 14.9. The van der Waals surface area contributed by atoms with Gasteiger partial charge < -0.3 is 9.84 Å². The van der Waals surface area contributed by atoms with Crippen LogP contribution >= 0.6 is 0 Å². The van der Waals surface area contributed by atoms with Crippen LogP contribution in [0.15, 0.2) is 24.3 Å². The summed E-state index contributed by atoms with van der Waals surface area (Å²) in [5.41, 5.74) is 0.839. The van der Waals surface area contributed by atoms with Crippen molar-refractivity contribution in [2.75, 3.05) is 0 Å². The summed E-state index contributed by atoms with van der Waals surface area (Å²) in [5, 5.41) is 11.2. The Labute approximate surface area is 128 Å². The van der Waals surface area contributed by atoms with Crippen LogP contribution in [0.4, 0.5) is 0 Å². The van der Waals surface area contributed by atoms with E-state index in [1.54, 1.807) is 0 Å². The monoisotopic (exact) mass is 288 g/mol. The molecule has 0 aromatic heterocycles. The van der Waals surface area contributed by atoms with Crippen LogP contribution in [0.2, 0.25) is 0 Å². The zero-order valence-electron chi connectivity index (χ0n) is 13.4. The van der Waals surface area contributed by atoms with E-state index in [4.69, 9.17) is 4.74 Å². The van der Waals surface area contributed by atoms with Gasteiger partial charge in [0.05, 0.1) is 11.7 Å². The fraction of sp³-hybridized carbons (Fsp3) is 0.684. The number of ether oxygens (including phenoxy) is 1. The summed E-state index contributed by atoms with van der Waals surface area (Å²) < 4.78 is 5.92. The largest absolute Gasteiger partial charge is 0.491 e. The summed E-state index contributed by atoms with van der Waals surface area (Å²) >= 11 is 0. The van der Waals surface area contributed by atoms with Crippen LogP contribution in [0.5, 0.6) is 5.75 Å². The van der Waals surface area contributed by atoms with Gasteiger partial charge in [-0.2, -0.15) is 0 Å². The van der Waals surface area contributed by atoms with E-state index in [2.05, 4.69) is 0 Å². The Bertz CT molecular complexity index is 476. The minimum absolute atomic E-state index is 0.138. The molecule has 1 spiro atoms. The molecule has 2 aliphatic carbocycles. The maximum atomic E-state index is 11.2. The average molecular weight is 288 g/mol. The van der Waals surface area contributed by atoms with Crippen LogP contribution in [0.25, 0.3) is 0 Å². The number of aliphatic hydroxyl groups is 1. The van der Waals surface area contributed by atoms with E-state index in [1.807, 2.05) is 38.1 Å². The third-order valence-electron chi connectivity index (χ3n) is 5.55. The molecule has 3 rings (SSSR count). The predicted molar refractivity (Wildman–Crippen MR) is 85.5 cm³/mol. The molecule has 0 bridgehead atoms. The Morgan fingerprint density at radius 3 is 2.19 bits per heavy atom. The van der Waals surface area contributed by atoms with Gasteiger partial charge in [-0.05, 0) is 63.9 Å². The van der Waals surface area contributed by atoms with E-state index < -0.39 is 5.60 Å². The van der Waals surface area contributed by atoms with Crippen molar-refractivity contribution in [3.05, 3.63) is 29.8 Å². The molecule has 0 saturated heterocycles. The molecule has 2 nitrogen and oxygen atoms in total. The Morgan fingerprint density at radius 2 is 1.57 bits per heavy atom. The van der Waals surface area contributed by atoms with Crippen LogP contribution in [-0.4, -0.2) is 11.2 Å². The zero-order chi connectivity index (χ0) is 14.9. The van der Waals surface area contributed by atoms with Crippen molar-refractivity contribution in [2.24, 2.45) is 5.41 Å². The average Bonchev–Trinajstić information content (AvgIpc) is 2.91. The topological polar surface area (TPSA) is 29.5 Å². The van der Waals surface area contributed by atoms with E-state index in [9.17, 15) is 5.11 Å². The summed E-state index contributed by atoms with van der Waals surface area (Å²) in [7, 11) is 0. The lowest BCUT2D eigenvalue weighted by molar-refractivity contribution is -0.0397. The molecule has 116 valence electrons. The first-order valence-corrected chi connectivity index (χ1v) is 8.52. The Balaban J connectivity index is 1.80. The van der Waals surface area contributed by atoms with Gasteiger partial charge in [0.15, 0.2) is 0 Å². The second-order valence-corrected chi connectivity index (χ2v) is 7.40. The van der Waals surface area contributed by atoms with E-state index in [1.165, 1.54) is 38.5 Å². The highest BCUT2D eigenvalue weighted by atomic mass is 16.5. The van der Waals surface area contributed by atoms with Crippen molar-refractivity contribution < 1.29 is 9.84 Å². The van der Waals surface area contributed by atoms with Crippen molar-refractivity contribution in [2.45, 2.75) is 76.9 Å². The van der Waals surface area contributed by atoms with Crippen LogP contribution in [0.1, 0.15) is 70.8 Å². The molecule has 2 saturated carbocycles. The molecular formula is C19H28O2. The maximum absolute atomic E-state index is 11.2. The van der Waals surface area contributed by atoms with Gasteiger partial charge in [0.1, 0.15) is 5.75 Å². The molecule has 21 heavy (non-hydrogen) atoms. The minimum Gasteiger partial charge on any atom is -0.491 e. The molecule has 1 N–H and O–H groups in total. The summed E-state index contributed by atoms with van der Waals surface area (Å²) in [6, 6.07) is 8.05. The summed E-state index contributed by atoms with van der Waals surface area (Å²) in [6.07, 6.45) is 9.73. The van der Waals surface area contributed by atoms with Crippen LogP contribution < -0.4 is 4.74 Å². The summed E-state index contributed by atoms with van der Waals surface area (Å²) in [5.74, 6) is 0.859. The fourth-order valence-electron chi connectivity index (χ4n) is 4.30. The lowest BCUT2D eigenvalue weighted by Crippen LogP contribution is -2.36. The predicted octanol–water partition coefficient (Wildman–Crippen LogP) is 4.80. The number of benzene rings is 1. The lowest BCUT2D eigenvalue weighted by atomic mass is 9.66. The molecule has 2 fully saturated rings. The van der Waals surface area contributed by atoms with E-state index >= 15 is 0 Å². The van der Waals surface area contributed by atoms with Crippen molar-refractivity contribution in [1.29, 1.82) is 0 Å².